The molecular weight excluding hydrogens is 328 g/mol. The molecule has 0 aliphatic heterocycles. The molecule has 0 bridgehead atoms. The van der Waals surface area contributed by atoms with Crippen LogP contribution in [0.5, 0.6) is 11.5 Å². The molecule has 0 unspecified atom stereocenters. The van der Waals surface area contributed by atoms with Crippen LogP contribution in [-0.4, -0.2) is 32.6 Å². The number of phenolic OH excluding ortho intramolecular Hbond substituents is 2. The number of phenols is 2. The zero-order valence-electron chi connectivity index (χ0n) is 13.9. The summed E-state index contributed by atoms with van der Waals surface area (Å²) >= 11 is 0. The van der Waals surface area contributed by atoms with Crippen molar-refractivity contribution in [1.29, 1.82) is 0 Å². The zero-order chi connectivity index (χ0) is 19.6. The summed E-state index contributed by atoms with van der Waals surface area (Å²) in [4.78, 5) is 17.6. The Morgan fingerprint density at radius 3 is 1.12 bits per heavy atom. The van der Waals surface area contributed by atoms with Crippen LogP contribution in [0.2, 0.25) is 0 Å². The SMILES string of the molecule is CC(C)(c1ccc(O)cc1)c1ccc(O)cc1.NC(=O)O.NC(=O)O. The molecular formula is C17H22N2O6. The molecule has 0 aliphatic rings. The predicted octanol–water partition coefficient (Wildman–Crippen LogP) is 2.67. The van der Waals surface area contributed by atoms with E-state index in [1.807, 2.05) is 24.3 Å². The van der Waals surface area contributed by atoms with E-state index in [-0.39, 0.29) is 16.9 Å². The first-order valence-corrected chi connectivity index (χ1v) is 7.02. The Balaban J connectivity index is 0.000000609. The van der Waals surface area contributed by atoms with Gasteiger partial charge in [0, 0.05) is 5.41 Å². The topological polar surface area (TPSA) is 167 Å². The van der Waals surface area contributed by atoms with Gasteiger partial charge in [0.1, 0.15) is 11.5 Å². The molecule has 0 spiro atoms. The van der Waals surface area contributed by atoms with Gasteiger partial charge >= 0.3 is 12.2 Å². The lowest BCUT2D eigenvalue weighted by atomic mass is 9.78. The standard InChI is InChI=1S/C15H16O2.2CH3NO2/c1-15(2,11-3-7-13(16)8-4-11)12-5-9-14(17)10-6-12;2*2-1(3)4/h3-10,16-17H,1-2H3;2*2H2,(H,3,4). The number of nitrogens with two attached hydrogens (primary N) is 2. The van der Waals surface area contributed by atoms with Gasteiger partial charge in [-0.2, -0.15) is 0 Å². The average molecular weight is 350 g/mol. The van der Waals surface area contributed by atoms with E-state index in [1.165, 1.54) is 0 Å². The number of hydrogen-bond acceptors (Lipinski definition) is 4. The first kappa shape index (κ1) is 21.6. The minimum atomic E-state index is -1.33. The molecule has 0 aromatic heterocycles. The predicted molar refractivity (Wildman–Crippen MR) is 92.8 cm³/mol. The second-order valence-electron chi connectivity index (χ2n) is 5.40. The molecule has 2 rings (SSSR count). The van der Waals surface area contributed by atoms with Crippen LogP contribution in [0.15, 0.2) is 48.5 Å². The van der Waals surface area contributed by atoms with Crippen LogP contribution >= 0.6 is 0 Å². The third kappa shape index (κ3) is 8.70. The molecule has 0 aliphatic carbocycles. The lowest BCUT2D eigenvalue weighted by Crippen LogP contribution is -2.18. The maximum absolute atomic E-state index is 9.30. The number of benzene rings is 2. The maximum Gasteiger partial charge on any atom is 0.402 e. The van der Waals surface area contributed by atoms with Crippen molar-refractivity contribution in [3.63, 3.8) is 0 Å². The van der Waals surface area contributed by atoms with Gasteiger partial charge in [-0.1, -0.05) is 38.1 Å². The molecule has 2 aromatic rings. The molecule has 8 nitrogen and oxygen atoms in total. The molecule has 0 radical (unpaired) electrons. The molecule has 0 atom stereocenters. The van der Waals surface area contributed by atoms with Crippen LogP contribution in [0.4, 0.5) is 9.59 Å². The van der Waals surface area contributed by atoms with E-state index >= 15 is 0 Å². The number of rotatable bonds is 2. The highest BCUT2D eigenvalue weighted by molar-refractivity contribution is 5.61. The van der Waals surface area contributed by atoms with Crippen molar-refractivity contribution in [3.8, 4) is 11.5 Å². The molecule has 2 aromatic carbocycles. The van der Waals surface area contributed by atoms with Crippen LogP contribution < -0.4 is 11.5 Å². The van der Waals surface area contributed by atoms with Crippen molar-refractivity contribution in [2.75, 3.05) is 0 Å². The Hall–Kier alpha value is -3.42. The van der Waals surface area contributed by atoms with E-state index in [1.54, 1.807) is 24.3 Å². The van der Waals surface area contributed by atoms with Crippen LogP contribution in [0.1, 0.15) is 25.0 Å². The van der Waals surface area contributed by atoms with Gasteiger partial charge in [0.25, 0.3) is 0 Å². The number of amides is 2. The Bertz CT molecular complexity index is 614. The Kier molecular flexibility index (Phi) is 8.34. The van der Waals surface area contributed by atoms with Crippen LogP contribution in [0, 0.1) is 0 Å². The van der Waals surface area contributed by atoms with Crippen LogP contribution in [-0.2, 0) is 5.41 Å². The fourth-order valence-electron chi connectivity index (χ4n) is 1.92. The van der Waals surface area contributed by atoms with Crippen molar-refractivity contribution in [3.05, 3.63) is 59.7 Å². The Labute approximate surface area is 145 Å². The molecule has 136 valence electrons. The van der Waals surface area contributed by atoms with Gasteiger partial charge in [-0.3, -0.25) is 0 Å². The monoisotopic (exact) mass is 350 g/mol. The van der Waals surface area contributed by atoms with E-state index in [9.17, 15) is 10.2 Å². The lowest BCUT2D eigenvalue weighted by molar-refractivity contribution is 0.204. The molecule has 8 N–H and O–H groups in total. The van der Waals surface area contributed by atoms with Crippen molar-refractivity contribution < 1.29 is 30.0 Å². The minimum absolute atomic E-state index is 0.151. The largest absolute Gasteiger partial charge is 0.508 e. The van der Waals surface area contributed by atoms with Gasteiger partial charge in [-0.15, -0.1) is 0 Å². The lowest BCUT2D eigenvalue weighted by Gasteiger charge is -2.26. The molecule has 8 heteroatoms. The molecule has 2 amide bonds. The summed E-state index contributed by atoms with van der Waals surface area (Å²) in [6, 6.07) is 14.4. The van der Waals surface area contributed by atoms with Crippen LogP contribution in [0.3, 0.4) is 0 Å². The number of primary amides is 2. The third-order valence-corrected chi connectivity index (χ3v) is 3.18. The van der Waals surface area contributed by atoms with Crippen molar-refractivity contribution in [1.82, 2.24) is 0 Å². The van der Waals surface area contributed by atoms with Gasteiger partial charge in [0.15, 0.2) is 0 Å². The van der Waals surface area contributed by atoms with Gasteiger partial charge in [0.05, 0.1) is 0 Å². The second-order valence-corrected chi connectivity index (χ2v) is 5.40. The summed E-state index contributed by atoms with van der Waals surface area (Å²) in [6.07, 6.45) is -2.67. The Morgan fingerprint density at radius 1 is 0.720 bits per heavy atom. The van der Waals surface area contributed by atoms with Crippen LogP contribution in [0.25, 0.3) is 0 Å². The van der Waals surface area contributed by atoms with Gasteiger partial charge in [-0.05, 0) is 35.4 Å². The number of hydrogen-bond donors (Lipinski definition) is 6. The number of aromatic hydroxyl groups is 2. The van der Waals surface area contributed by atoms with E-state index in [0.717, 1.165) is 11.1 Å². The van der Waals surface area contributed by atoms with Gasteiger partial charge in [-0.25, -0.2) is 9.59 Å². The van der Waals surface area contributed by atoms with E-state index in [4.69, 9.17) is 19.8 Å². The summed E-state index contributed by atoms with van der Waals surface area (Å²) in [5.74, 6) is 0.547. The first-order valence-electron chi connectivity index (χ1n) is 7.02. The summed E-state index contributed by atoms with van der Waals surface area (Å²) in [7, 11) is 0. The molecule has 0 fully saturated rings. The second kappa shape index (κ2) is 9.66. The minimum Gasteiger partial charge on any atom is -0.508 e. The molecule has 0 saturated carbocycles. The summed E-state index contributed by atoms with van der Waals surface area (Å²) in [5.41, 5.74) is 10.2. The highest BCUT2D eigenvalue weighted by Gasteiger charge is 2.22. The maximum atomic E-state index is 9.30. The zero-order valence-corrected chi connectivity index (χ0v) is 13.9. The molecule has 0 saturated heterocycles. The smallest absolute Gasteiger partial charge is 0.402 e. The average Bonchev–Trinajstić information content (AvgIpc) is 2.47. The van der Waals surface area contributed by atoms with E-state index in [0.29, 0.717) is 0 Å². The van der Waals surface area contributed by atoms with Crippen molar-refractivity contribution in [2.24, 2.45) is 11.5 Å². The molecule has 0 heterocycles. The number of carbonyl (C=O) groups is 2. The summed E-state index contributed by atoms with van der Waals surface area (Å²) < 4.78 is 0. The van der Waals surface area contributed by atoms with E-state index < -0.39 is 12.2 Å². The Morgan fingerprint density at radius 2 is 0.920 bits per heavy atom. The normalized spacial score (nSPS) is 9.68. The summed E-state index contributed by atoms with van der Waals surface area (Å²) in [5, 5.41) is 33.0. The van der Waals surface area contributed by atoms with E-state index in [2.05, 4.69) is 25.3 Å². The van der Waals surface area contributed by atoms with Crippen molar-refractivity contribution >= 4 is 12.2 Å². The van der Waals surface area contributed by atoms with Gasteiger partial charge < -0.3 is 31.9 Å². The van der Waals surface area contributed by atoms with Crippen molar-refractivity contribution in [2.45, 2.75) is 19.3 Å². The molecule has 25 heavy (non-hydrogen) atoms. The quantitative estimate of drug-likeness (QED) is 0.486. The summed E-state index contributed by atoms with van der Waals surface area (Å²) in [6.45, 7) is 4.23. The number of carboxylic acid groups (broad SMARTS) is 2. The third-order valence-electron chi connectivity index (χ3n) is 3.18. The van der Waals surface area contributed by atoms with Gasteiger partial charge in [0.2, 0.25) is 0 Å². The fraction of sp³-hybridized carbons (Fsp3) is 0.176. The first-order chi connectivity index (χ1) is 11.5. The highest BCUT2D eigenvalue weighted by atomic mass is 16.4. The fourth-order valence-corrected chi connectivity index (χ4v) is 1.92. The highest BCUT2D eigenvalue weighted by Crippen LogP contribution is 2.32.